The number of ketones is 1. The molecule has 0 aromatic rings. The minimum atomic E-state index is -1.31. The molecule has 4 nitrogen and oxygen atoms in total. The first-order valence-electron chi connectivity index (χ1n) is 2.46. The number of carbonyl (C=O) groups is 3. The zero-order valence-corrected chi connectivity index (χ0v) is 6.09. The van der Waals surface area contributed by atoms with Crippen LogP contribution in [0.2, 0.25) is 0 Å². The average molecular weight is 162 g/mol. The van der Waals surface area contributed by atoms with Gasteiger partial charge in [0.25, 0.3) is 5.12 Å². The molecule has 0 bridgehead atoms. The molecule has 0 amide bonds. The summed E-state index contributed by atoms with van der Waals surface area (Å²) in [4.78, 5) is 30.7. The maximum absolute atomic E-state index is 10.5. The number of Topliss-reactive ketones (excluding diaryl/α,β-unsaturated/α-hetero) is 1. The minimum Gasteiger partial charge on any atom is -0.481 e. The molecule has 0 spiro atoms. The third-order valence-electron chi connectivity index (χ3n) is 0.974. The van der Waals surface area contributed by atoms with Gasteiger partial charge in [0.05, 0.1) is 0 Å². The first-order valence-corrected chi connectivity index (χ1v) is 2.91. The van der Waals surface area contributed by atoms with Crippen LogP contribution in [0.3, 0.4) is 0 Å². The molecule has 5 heteroatoms. The van der Waals surface area contributed by atoms with Crippen molar-refractivity contribution in [1.29, 1.82) is 0 Å². The van der Waals surface area contributed by atoms with Gasteiger partial charge in [-0.25, -0.2) is 0 Å². The predicted octanol–water partition coefficient (Wildman–Crippen LogP) is -0.267. The van der Waals surface area contributed by atoms with Crippen molar-refractivity contribution in [1.82, 2.24) is 0 Å². The molecule has 0 rings (SSSR count). The van der Waals surface area contributed by atoms with Crippen molar-refractivity contribution in [3.05, 3.63) is 0 Å². The van der Waals surface area contributed by atoms with Crippen molar-refractivity contribution in [2.75, 3.05) is 0 Å². The molecule has 0 fully saturated rings. The first kappa shape index (κ1) is 9.16. The summed E-state index contributed by atoms with van der Waals surface area (Å²) in [5.41, 5.74) is 0. The molecule has 0 aromatic heterocycles. The standard InChI is InChI=1S/C5H6O4S/c1-2(4(7)8)3(6)5(9)10/h2H,1H3,(H,7,8)(H,9,10)/t2-/m0/s1. The lowest BCUT2D eigenvalue weighted by Crippen LogP contribution is -2.24. The third-order valence-corrected chi connectivity index (χ3v) is 1.19. The molecule has 1 atom stereocenters. The molecule has 56 valence electrons. The molecule has 0 aromatic carbocycles. The Bertz CT molecular complexity index is 186. The lowest BCUT2D eigenvalue weighted by atomic mass is 10.1. The number of hydrogen-bond donors (Lipinski definition) is 2. The third kappa shape index (κ3) is 2.18. The van der Waals surface area contributed by atoms with E-state index in [0.29, 0.717) is 0 Å². The van der Waals surface area contributed by atoms with Gasteiger partial charge in [-0.1, -0.05) is 12.6 Å². The molecule has 10 heavy (non-hydrogen) atoms. The average Bonchev–Trinajstić information content (AvgIpc) is 1.84. The fourth-order valence-electron chi connectivity index (χ4n) is 0.297. The van der Waals surface area contributed by atoms with Crippen LogP contribution in [0, 0.1) is 5.92 Å². The van der Waals surface area contributed by atoms with Crippen molar-refractivity contribution < 1.29 is 19.5 Å². The molecule has 0 unspecified atom stereocenters. The lowest BCUT2D eigenvalue weighted by Gasteiger charge is -1.98. The maximum Gasteiger partial charge on any atom is 0.314 e. The number of carboxylic acids is 1. The van der Waals surface area contributed by atoms with Crippen LogP contribution >= 0.6 is 12.6 Å². The van der Waals surface area contributed by atoms with Gasteiger partial charge in [0.2, 0.25) is 5.78 Å². The summed E-state index contributed by atoms with van der Waals surface area (Å²) in [6.45, 7) is 1.14. The van der Waals surface area contributed by atoms with Gasteiger partial charge in [0.1, 0.15) is 5.92 Å². The van der Waals surface area contributed by atoms with E-state index in [9.17, 15) is 14.4 Å². The summed E-state index contributed by atoms with van der Waals surface area (Å²) in [5.74, 6) is -3.59. The number of rotatable bonds is 3. The van der Waals surface area contributed by atoms with Crippen LogP contribution in [0.15, 0.2) is 0 Å². The van der Waals surface area contributed by atoms with E-state index in [1.807, 2.05) is 0 Å². The summed E-state index contributed by atoms with van der Waals surface area (Å²) in [6.07, 6.45) is 0. The summed E-state index contributed by atoms with van der Waals surface area (Å²) >= 11 is 3.18. The van der Waals surface area contributed by atoms with Crippen LogP contribution in [0.4, 0.5) is 0 Å². The molecule has 0 heterocycles. The van der Waals surface area contributed by atoms with Crippen LogP contribution in [-0.4, -0.2) is 22.0 Å². The van der Waals surface area contributed by atoms with Gasteiger partial charge < -0.3 is 5.11 Å². The molecule has 0 saturated heterocycles. The highest BCUT2D eigenvalue weighted by molar-refractivity contribution is 7.98. The van der Waals surface area contributed by atoms with Gasteiger partial charge >= 0.3 is 5.97 Å². The molecule has 0 aliphatic heterocycles. The van der Waals surface area contributed by atoms with Gasteiger partial charge in [0, 0.05) is 0 Å². The fraction of sp³-hybridized carbons (Fsp3) is 0.400. The van der Waals surface area contributed by atoms with E-state index in [2.05, 4.69) is 12.6 Å². The van der Waals surface area contributed by atoms with Crippen LogP contribution < -0.4 is 0 Å². The minimum absolute atomic E-state index is 0.990. The summed E-state index contributed by atoms with van der Waals surface area (Å²) < 4.78 is 0. The van der Waals surface area contributed by atoms with Crippen LogP contribution in [0.25, 0.3) is 0 Å². The first-order chi connectivity index (χ1) is 4.46. The Morgan fingerprint density at radius 3 is 1.90 bits per heavy atom. The quantitative estimate of drug-likeness (QED) is 0.340. The fourth-order valence-corrected chi connectivity index (χ4v) is 0.491. The van der Waals surface area contributed by atoms with E-state index in [4.69, 9.17) is 5.11 Å². The zero-order valence-electron chi connectivity index (χ0n) is 5.20. The largest absolute Gasteiger partial charge is 0.481 e. The van der Waals surface area contributed by atoms with Crippen LogP contribution in [0.1, 0.15) is 6.92 Å². The highest BCUT2D eigenvalue weighted by Gasteiger charge is 2.24. The van der Waals surface area contributed by atoms with Gasteiger partial charge in [-0.2, -0.15) is 0 Å². The molecular formula is C5H6O4S. The molecule has 0 radical (unpaired) electrons. The van der Waals surface area contributed by atoms with Gasteiger partial charge in [-0.3, -0.25) is 14.4 Å². The van der Waals surface area contributed by atoms with Crippen molar-refractivity contribution in [2.24, 2.45) is 5.92 Å². The summed E-state index contributed by atoms with van der Waals surface area (Å²) in [5, 5.41) is 7.18. The molecule has 1 N–H and O–H groups in total. The van der Waals surface area contributed by atoms with E-state index in [0.717, 1.165) is 6.92 Å². The van der Waals surface area contributed by atoms with Crippen molar-refractivity contribution in [3.63, 3.8) is 0 Å². The Balaban J connectivity index is 4.22. The number of carboxylic acid groups (broad SMARTS) is 1. The molecule has 0 aliphatic carbocycles. The Morgan fingerprint density at radius 2 is 1.80 bits per heavy atom. The Hall–Kier alpha value is -0.840. The molecular weight excluding hydrogens is 156 g/mol. The van der Waals surface area contributed by atoms with E-state index in [-0.39, 0.29) is 0 Å². The van der Waals surface area contributed by atoms with Crippen LogP contribution in [-0.2, 0) is 14.4 Å². The maximum atomic E-state index is 10.5. The van der Waals surface area contributed by atoms with Gasteiger partial charge in [-0.15, -0.1) is 0 Å². The number of thiol groups is 1. The van der Waals surface area contributed by atoms with E-state index >= 15 is 0 Å². The second-order valence-electron chi connectivity index (χ2n) is 1.73. The number of aliphatic carboxylic acids is 1. The van der Waals surface area contributed by atoms with Crippen molar-refractivity contribution in [2.45, 2.75) is 6.92 Å². The second kappa shape index (κ2) is 3.36. The second-order valence-corrected chi connectivity index (χ2v) is 2.14. The summed E-state index contributed by atoms with van der Waals surface area (Å²) in [7, 11) is 0. The Kier molecular flexibility index (Phi) is 3.08. The monoisotopic (exact) mass is 162 g/mol. The van der Waals surface area contributed by atoms with Crippen molar-refractivity contribution >= 4 is 29.5 Å². The van der Waals surface area contributed by atoms with Gasteiger partial charge in [-0.05, 0) is 6.92 Å². The highest BCUT2D eigenvalue weighted by atomic mass is 32.1. The topological polar surface area (TPSA) is 71.4 Å². The number of hydrogen-bond acceptors (Lipinski definition) is 3. The normalized spacial score (nSPS) is 12.2. The summed E-state index contributed by atoms with van der Waals surface area (Å²) in [6, 6.07) is 0. The van der Waals surface area contributed by atoms with Crippen LogP contribution in [0.5, 0.6) is 0 Å². The van der Waals surface area contributed by atoms with Crippen molar-refractivity contribution in [3.8, 4) is 0 Å². The zero-order chi connectivity index (χ0) is 8.31. The lowest BCUT2D eigenvalue weighted by molar-refractivity contribution is -0.147. The smallest absolute Gasteiger partial charge is 0.314 e. The number of carbonyl (C=O) groups excluding carboxylic acids is 2. The SMILES string of the molecule is C[C@H](C(=O)O)C(=O)C(=O)S. The Labute approximate surface area is 62.6 Å². The molecule has 0 saturated carbocycles. The molecule has 0 aliphatic rings. The Morgan fingerprint density at radius 1 is 1.40 bits per heavy atom. The van der Waals surface area contributed by atoms with Gasteiger partial charge in [0.15, 0.2) is 0 Å². The predicted molar refractivity (Wildman–Crippen MR) is 35.8 cm³/mol. The van der Waals surface area contributed by atoms with E-state index in [1.165, 1.54) is 0 Å². The van der Waals surface area contributed by atoms with E-state index in [1.54, 1.807) is 0 Å². The highest BCUT2D eigenvalue weighted by Crippen LogP contribution is 1.99. The van der Waals surface area contributed by atoms with E-state index < -0.39 is 22.8 Å².